The lowest BCUT2D eigenvalue weighted by molar-refractivity contribution is -0.118. The molecule has 1 N–H and O–H groups in total. The SMILES string of the molecule is Cc1cc(Cl)ccc1OCC(=O)Nc1c(F)cccc1F. The maximum Gasteiger partial charge on any atom is 0.262 e. The number of amides is 1. The van der Waals surface area contributed by atoms with Crippen LogP contribution in [0.25, 0.3) is 0 Å². The molecule has 0 unspecified atom stereocenters. The molecule has 0 bridgehead atoms. The van der Waals surface area contributed by atoms with Crippen molar-refractivity contribution in [2.45, 2.75) is 6.92 Å². The zero-order valence-electron chi connectivity index (χ0n) is 11.1. The number of anilines is 1. The number of rotatable bonds is 4. The molecule has 0 saturated carbocycles. The van der Waals surface area contributed by atoms with Gasteiger partial charge in [-0.1, -0.05) is 17.7 Å². The molecule has 0 radical (unpaired) electrons. The first kappa shape index (κ1) is 15.3. The lowest BCUT2D eigenvalue weighted by Crippen LogP contribution is -2.21. The van der Waals surface area contributed by atoms with Crippen LogP contribution in [0.1, 0.15) is 5.56 Å². The Kier molecular flexibility index (Phi) is 4.75. The first-order chi connectivity index (χ1) is 9.97. The lowest BCUT2D eigenvalue weighted by Gasteiger charge is -2.10. The van der Waals surface area contributed by atoms with Crippen LogP contribution in [0.3, 0.4) is 0 Å². The molecule has 0 fully saturated rings. The first-order valence-corrected chi connectivity index (χ1v) is 6.48. The maximum absolute atomic E-state index is 13.4. The molecule has 0 aromatic heterocycles. The molecule has 2 rings (SSSR count). The zero-order valence-corrected chi connectivity index (χ0v) is 11.9. The van der Waals surface area contributed by atoms with Gasteiger partial charge in [-0.15, -0.1) is 0 Å². The van der Waals surface area contributed by atoms with Crippen LogP contribution in [0.15, 0.2) is 36.4 Å². The van der Waals surface area contributed by atoms with E-state index in [0.717, 1.165) is 17.7 Å². The zero-order chi connectivity index (χ0) is 15.4. The Morgan fingerprint density at radius 1 is 1.24 bits per heavy atom. The summed E-state index contributed by atoms with van der Waals surface area (Å²) in [5, 5.41) is 2.69. The van der Waals surface area contributed by atoms with Crippen LogP contribution in [-0.2, 0) is 4.79 Å². The minimum Gasteiger partial charge on any atom is -0.483 e. The van der Waals surface area contributed by atoms with Gasteiger partial charge in [0, 0.05) is 5.02 Å². The van der Waals surface area contributed by atoms with Gasteiger partial charge in [0.15, 0.2) is 6.61 Å². The monoisotopic (exact) mass is 311 g/mol. The number of benzene rings is 2. The minimum absolute atomic E-state index is 0.365. The van der Waals surface area contributed by atoms with Crippen LogP contribution in [-0.4, -0.2) is 12.5 Å². The van der Waals surface area contributed by atoms with Gasteiger partial charge in [0.25, 0.3) is 5.91 Å². The van der Waals surface area contributed by atoms with E-state index < -0.39 is 23.2 Å². The third-order valence-electron chi connectivity index (χ3n) is 2.72. The molecule has 0 heterocycles. The van der Waals surface area contributed by atoms with Crippen molar-refractivity contribution in [1.29, 1.82) is 0 Å². The Morgan fingerprint density at radius 3 is 2.52 bits per heavy atom. The van der Waals surface area contributed by atoms with Gasteiger partial charge in [-0.25, -0.2) is 8.78 Å². The highest BCUT2D eigenvalue weighted by molar-refractivity contribution is 6.30. The number of para-hydroxylation sites is 1. The number of carbonyl (C=O) groups excluding carboxylic acids is 1. The highest BCUT2D eigenvalue weighted by Crippen LogP contribution is 2.22. The van der Waals surface area contributed by atoms with Gasteiger partial charge >= 0.3 is 0 Å². The average molecular weight is 312 g/mol. The van der Waals surface area contributed by atoms with Crippen molar-refractivity contribution in [2.75, 3.05) is 11.9 Å². The third kappa shape index (κ3) is 3.92. The second kappa shape index (κ2) is 6.54. The highest BCUT2D eigenvalue weighted by atomic mass is 35.5. The summed E-state index contributed by atoms with van der Waals surface area (Å²) in [7, 11) is 0. The number of carbonyl (C=O) groups is 1. The van der Waals surface area contributed by atoms with Crippen LogP contribution in [0, 0.1) is 18.6 Å². The second-order valence-corrected chi connectivity index (χ2v) is 4.78. The Morgan fingerprint density at radius 2 is 1.90 bits per heavy atom. The molecule has 110 valence electrons. The van der Waals surface area contributed by atoms with E-state index in [2.05, 4.69) is 5.32 Å². The fraction of sp³-hybridized carbons (Fsp3) is 0.133. The Balaban J connectivity index is 1.99. The van der Waals surface area contributed by atoms with Crippen molar-refractivity contribution >= 4 is 23.2 Å². The second-order valence-electron chi connectivity index (χ2n) is 4.34. The minimum atomic E-state index is -0.842. The van der Waals surface area contributed by atoms with E-state index in [9.17, 15) is 13.6 Å². The van der Waals surface area contributed by atoms with Crippen molar-refractivity contribution in [1.82, 2.24) is 0 Å². The molecule has 0 aliphatic carbocycles. The summed E-state index contributed by atoms with van der Waals surface area (Å²) in [6, 6.07) is 8.26. The summed E-state index contributed by atoms with van der Waals surface area (Å²) in [6.45, 7) is 1.41. The quantitative estimate of drug-likeness (QED) is 0.928. The van der Waals surface area contributed by atoms with E-state index in [-0.39, 0.29) is 6.61 Å². The molecule has 2 aromatic carbocycles. The molecule has 6 heteroatoms. The van der Waals surface area contributed by atoms with Crippen molar-refractivity contribution in [2.24, 2.45) is 0 Å². The molecule has 21 heavy (non-hydrogen) atoms. The van der Waals surface area contributed by atoms with Crippen LogP contribution < -0.4 is 10.1 Å². The van der Waals surface area contributed by atoms with Crippen LogP contribution >= 0.6 is 11.6 Å². The van der Waals surface area contributed by atoms with E-state index in [1.165, 1.54) is 6.07 Å². The van der Waals surface area contributed by atoms with Gasteiger partial charge in [-0.2, -0.15) is 0 Å². The van der Waals surface area contributed by atoms with Gasteiger partial charge in [-0.05, 0) is 42.8 Å². The van der Waals surface area contributed by atoms with Crippen LogP contribution in [0.2, 0.25) is 5.02 Å². The van der Waals surface area contributed by atoms with Crippen molar-refractivity contribution < 1.29 is 18.3 Å². The molecule has 0 atom stereocenters. The highest BCUT2D eigenvalue weighted by Gasteiger charge is 2.12. The predicted octanol–water partition coefficient (Wildman–Crippen LogP) is 3.94. The van der Waals surface area contributed by atoms with Crippen molar-refractivity contribution in [3.05, 3.63) is 58.6 Å². The topological polar surface area (TPSA) is 38.3 Å². The van der Waals surface area contributed by atoms with Gasteiger partial charge < -0.3 is 10.1 Å². The maximum atomic E-state index is 13.4. The molecular weight excluding hydrogens is 300 g/mol. The Labute approximate surface area is 125 Å². The fourth-order valence-electron chi connectivity index (χ4n) is 1.71. The van der Waals surface area contributed by atoms with Crippen molar-refractivity contribution in [3.8, 4) is 5.75 Å². The summed E-state index contributed by atoms with van der Waals surface area (Å²) in [4.78, 5) is 11.7. The van der Waals surface area contributed by atoms with Gasteiger partial charge in [0.1, 0.15) is 23.1 Å². The number of hydrogen-bond acceptors (Lipinski definition) is 2. The summed E-state index contributed by atoms with van der Waals surface area (Å²) >= 11 is 5.80. The van der Waals surface area contributed by atoms with E-state index in [0.29, 0.717) is 10.8 Å². The van der Waals surface area contributed by atoms with E-state index in [1.807, 2.05) is 0 Å². The normalized spacial score (nSPS) is 10.3. The first-order valence-electron chi connectivity index (χ1n) is 6.10. The number of halogens is 3. The number of ether oxygens (including phenoxy) is 1. The summed E-state index contributed by atoms with van der Waals surface area (Å²) < 4.78 is 32.0. The van der Waals surface area contributed by atoms with Gasteiger partial charge in [0.2, 0.25) is 0 Å². The van der Waals surface area contributed by atoms with E-state index in [4.69, 9.17) is 16.3 Å². The summed E-state index contributed by atoms with van der Waals surface area (Å²) in [5.74, 6) is -1.87. The van der Waals surface area contributed by atoms with E-state index >= 15 is 0 Å². The lowest BCUT2D eigenvalue weighted by atomic mass is 10.2. The molecule has 0 aliphatic rings. The average Bonchev–Trinajstić information content (AvgIpc) is 2.42. The molecular formula is C15H12ClF2NO2. The molecule has 0 aliphatic heterocycles. The Bertz CT molecular complexity index is 656. The summed E-state index contributed by atoms with van der Waals surface area (Å²) in [5.41, 5.74) is 0.270. The number of aryl methyl sites for hydroxylation is 1. The molecule has 2 aromatic rings. The third-order valence-corrected chi connectivity index (χ3v) is 2.96. The standard InChI is InChI=1S/C15H12ClF2NO2/c1-9-7-10(16)5-6-13(9)21-8-14(20)19-15-11(17)3-2-4-12(15)18/h2-7H,8H2,1H3,(H,19,20). The summed E-state index contributed by atoms with van der Waals surface area (Å²) in [6.07, 6.45) is 0. The predicted molar refractivity (Wildman–Crippen MR) is 76.7 cm³/mol. The largest absolute Gasteiger partial charge is 0.483 e. The number of nitrogens with one attached hydrogen (secondary N) is 1. The molecule has 3 nitrogen and oxygen atoms in total. The van der Waals surface area contributed by atoms with Gasteiger partial charge in [0.05, 0.1) is 0 Å². The van der Waals surface area contributed by atoms with Crippen LogP contribution in [0.5, 0.6) is 5.75 Å². The molecule has 1 amide bonds. The Hall–Kier alpha value is -2.14. The molecule has 0 spiro atoms. The van der Waals surface area contributed by atoms with Crippen LogP contribution in [0.4, 0.5) is 14.5 Å². The fourth-order valence-corrected chi connectivity index (χ4v) is 1.94. The smallest absolute Gasteiger partial charge is 0.262 e. The van der Waals surface area contributed by atoms with E-state index in [1.54, 1.807) is 25.1 Å². The molecule has 0 saturated heterocycles. The van der Waals surface area contributed by atoms with Crippen molar-refractivity contribution in [3.63, 3.8) is 0 Å². The number of hydrogen-bond donors (Lipinski definition) is 1. The van der Waals surface area contributed by atoms with Gasteiger partial charge in [-0.3, -0.25) is 4.79 Å².